The molecule has 0 radical (unpaired) electrons. The molecule has 2 heterocycles. The maximum atomic E-state index is 7.13. The average molecular weight is 268 g/mol. The Morgan fingerprint density at radius 3 is 2.90 bits per heavy atom. The van der Waals surface area contributed by atoms with Crippen LogP contribution in [0.4, 0.5) is 17.1 Å². The van der Waals surface area contributed by atoms with Gasteiger partial charge in [-0.15, -0.1) is 0 Å². The molecule has 3 N–H and O–H groups in total. The number of benzene rings is 1. The molecule has 1 aliphatic heterocycles. The predicted molar refractivity (Wildman–Crippen MR) is 79.9 cm³/mol. The number of pyridine rings is 1. The molecule has 0 saturated carbocycles. The number of nitrogen functional groups attached to an aromatic ring is 1. The number of nitrogens with zero attached hydrogens (tertiary/aromatic N) is 2. The number of fused-ring (bicyclic) bond motifs is 1. The predicted octanol–water partition coefficient (Wildman–Crippen LogP) is 2.96. The summed E-state index contributed by atoms with van der Waals surface area (Å²) in [6, 6.07) is 5.83. The van der Waals surface area contributed by atoms with Gasteiger partial charge in [-0.05, 0) is 25.0 Å². The Labute approximate surface area is 117 Å². The fourth-order valence-corrected chi connectivity index (χ4v) is 2.47. The van der Waals surface area contributed by atoms with E-state index in [4.69, 9.17) is 17.0 Å². The van der Waals surface area contributed by atoms with Crippen LogP contribution >= 0.6 is 0 Å². The quantitative estimate of drug-likeness (QED) is 0.822. The molecule has 0 unspecified atom stereocenters. The minimum Gasteiger partial charge on any atom is -0.396 e. The molecule has 1 aromatic heterocycles. The smallest absolute Gasteiger partial charge is 0.188 e. The summed E-state index contributed by atoms with van der Waals surface area (Å²) in [5.41, 5.74) is 9.01. The largest absolute Gasteiger partial charge is 0.396 e. The van der Waals surface area contributed by atoms with Gasteiger partial charge < -0.3 is 15.8 Å². The minimum atomic E-state index is 0.355. The van der Waals surface area contributed by atoms with Gasteiger partial charge in [-0.3, -0.25) is 4.98 Å². The van der Waals surface area contributed by atoms with Gasteiger partial charge in [0.15, 0.2) is 5.69 Å². The van der Waals surface area contributed by atoms with Crippen molar-refractivity contribution in [3.63, 3.8) is 0 Å². The lowest BCUT2D eigenvalue weighted by Gasteiger charge is -2.25. The number of anilines is 2. The number of hydrogen-bond donors (Lipinski definition) is 2. The maximum absolute atomic E-state index is 7.13. The van der Waals surface area contributed by atoms with Crippen molar-refractivity contribution in [2.75, 3.05) is 24.3 Å². The van der Waals surface area contributed by atoms with Crippen molar-refractivity contribution in [2.24, 2.45) is 0 Å². The van der Waals surface area contributed by atoms with E-state index < -0.39 is 0 Å². The number of hydrogen-bond acceptors (Lipinski definition) is 4. The van der Waals surface area contributed by atoms with Crippen molar-refractivity contribution in [3.05, 3.63) is 35.8 Å². The van der Waals surface area contributed by atoms with E-state index in [0.29, 0.717) is 17.4 Å². The fraction of sp³-hybridized carbons (Fsp3) is 0.333. The Morgan fingerprint density at radius 1 is 1.35 bits per heavy atom. The van der Waals surface area contributed by atoms with Gasteiger partial charge in [0.1, 0.15) is 0 Å². The van der Waals surface area contributed by atoms with E-state index in [1.807, 2.05) is 12.1 Å². The maximum Gasteiger partial charge on any atom is 0.188 e. The molecular weight excluding hydrogens is 252 g/mol. The molecule has 5 nitrogen and oxygen atoms in total. The number of nitrogens with two attached hydrogens (primary N) is 1. The highest BCUT2D eigenvalue weighted by atomic mass is 16.5. The van der Waals surface area contributed by atoms with Crippen LogP contribution in [0.15, 0.2) is 24.4 Å². The van der Waals surface area contributed by atoms with Gasteiger partial charge >= 0.3 is 0 Å². The number of ether oxygens (including phenoxy) is 1. The van der Waals surface area contributed by atoms with E-state index in [1.54, 1.807) is 12.3 Å². The van der Waals surface area contributed by atoms with Crippen molar-refractivity contribution < 1.29 is 4.74 Å². The molecule has 0 atom stereocenters. The van der Waals surface area contributed by atoms with E-state index in [-0.39, 0.29) is 0 Å². The van der Waals surface area contributed by atoms with Crippen LogP contribution in [-0.4, -0.2) is 24.2 Å². The first-order chi connectivity index (χ1) is 9.78. The van der Waals surface area contributed by atoms with Crippen molar-refractivity contribution in [3.8, 4) is 0 Å². The first-order valence-electron chi connectivity index (χ1n) is 6.68. The van der Waals surface area contributed by atoms with Crippen LogP contribution in [0.2, 0.25) is 0 Å². The summed E-state index contributed by atoms with van der Waals surface area (Å²) in [4.78, 5) is 7.79. The van der Waals surface area contributed by atoms with E-state index in [1.165, 1.54) is 0 Å². The molecule has 20 heavy (non-hydrogen) atoms. The monoisotopic (exact) mass is 268 g/mol. The molecule has 5 heteroatoms. The first-order valence-corrected chi connectivity index (χ1v) is 6.68. The Morgan fingerprint density at radius 2 is 2.15 bits per heavy atom. The Kier molecular flexibility index (Phi) is 3.40. The van der Waals surface area contributed by atoms with Crippen LogP contribution in [0.3, 0.4) is 0 Å². The van der Waals surface area contributed by atoms with Gasteiger partial charge in [-0.1, -0.05) is 6.07 Å². The summed E-state index contributed by atoms with van der Waals surface area (Å²) < 4.78 is 5.37. The summed E-state index contributed by atoms with van der Waals surface area (Å²) in [5, 5.41) is 4.40. The van der Waals surface area contributed by atoms with Crippen LogP contribution in [-0.2, 0) is 4.74 Å². The second kappa shape index (κ2) is 5.35. The van der Waals surface area contributed by atoms with Crippen molar-refractivity contribution in [1.82, 2.24) is 4.98 Å². The lowest BCUT2D eigenvalue weighted by atomic mass is 10.1. The van der Waals surface area contributed by atoms with Gasteiger partial charge in [-0.2, -0.15) is 0 Å². The summed E-state index contributed by atoms with van der Waals surface area (Å²) in [7, 11) is 0. The van der Waals surface area contributed by atoms with E-state index in [2.05, 4.69) is 15.1 Å². The Bertz CT molecular complexity index is 671. The van der Waals surface area contributed by atoms with Crippen LogP contribution in [0.25, 0.3) is 15.7 Å². The molecular formula is C15H16N4O. The van der Waals surface area contributed by atoms with E-state index >= 15 is 0 Å². The Balaban J connectivity index is 2.03. The summed E-state index contributed by atoms with van der Waals surface area (Å²) >= 11 is 0. The third kappa shape index (κ3) is 2.38. The highest BCUT2D eigenvalue weighted by molar-refractivity contribution is 5.98. The zero-order valence-corrected chi connectivity index (χ0v) is 11.1. The molecule has 0 aliphatic carbocycles. The third-order valence-electron chi connectivity index (χ3n) is 3.58. The molecule has 2 aromatic rings. The highest BCUT2D eigenvalue weighted by Crippen LogP contribution is 2.32. The molecule has 102 valence electrons. The summed E-state index contributed by atoms with van der Waals surface area (Å²) in [6.45, 7) is 8.68. The van der Waals surface area contributed by atoms with Gasteiger partial charge in [0.25, 0.3) is 0 Å². The van der Waals surface area contributed by atoms with Crippen molar-refractivity contribution in [2.45, 2.75) is 18.9 Å². The van der Waals surface area contributed by atoms with E-state index in [0.717, 1.165) is 42.6 Å². The van der Waals surface area contributed by atoms with Gasteiger partial charge in [0.2, 0.25) is 0 Å². The number of aromatic nitrogens is 1. The Hall–Kier alpha value is -2.32. The molecule has 1 aliphatic rings. The average Bonchev–Trinajstić information content (AvgIpc) is 2.51. The van der Waals surface area contributed by atoms with Gasteiger partial charge in [-0.25, -0.2) is 4.85 Å². The van der Waals surface area contributed by atoms with Crippen LogP contribution in [0.5, 0.6) is 0 Å². The second-order valence-electron chi connectivity index (χ2n) is 4.93. The third-order valence-corrected chi connectivity index (χ3v) is 3.58. The van der Waals surface area contributed by atoms with Gasteiger partial charge in [0.05, 0.1) is 29.7 Å². The molecule has 0 amide bonds. The van der Waals surface area contributed by atoms with E-state index in [9.17, 15) is 0 Å². The molecule has 3 rings (SSSR count). The molecule has 1 fully saturated rings. The molecule has 1 saturated heterocycles. The second-order valence-corrected chi connectivity index (χ2v) is 4.93. The fourth-order valence-electron chi connectivity index (χ4n) is 2.47. The van der Waals surface area contributed by atoms with Crippen molar-refractivity contribution >= 4 is 28.0 Å². The summed E-state index contributed by atoms with van der Waals surface area (Å²) in [6.07, 6.45) is 3.60. The van der Waals surface area contributed by atoms with Crippen LogP contribution < -0.4 is 11.1 Å². The molecule has 0 spiro atoms. The molecule has 0 bridgehead atoms. The summed E-state index contributed by atoms with van der Waals surface area (Å²) in [5.74, 6) is 0. The van der Waals surface area contributed by atoms with Gasteiger partial charge in [0, 0.05) is 24.6 Å². The lowest BCUT2D eigenvalue weighted by molar-refractivity contribution is 0.0905. The number of rotatable bonds is 2. The lowest BCUT2D eigenvalue weighted by Crippen LogP contribution is -2.28. The highest BCUT2D eigenvalue weighted by Gasteiger charge is 2.16. The van der Waals surface area contributed by atoms with Crippen LogP contribution in [0.1, 0.15) is 12.8 Å². The normalized spacial score (nSPS) is 15.9. The topological polar surface area (TPSA) is 64.5 Å². The van der Waals surface area contributed by atoms with Crippen LogP contribution in [0, 0.1) is 6.57 Å². The minimum absolute atomic E-state index is 0.355. The number of nitrogens with one attached hydrogen (secondary N) is 1. The molecule has 1 aromatic carbocycles. The zero-order valence-electron chi connectivity index (χ0n) is 11.1. The zero-order chi connectivity index (χ0) is 13.9. The SMILES string of the molecule is [C-]#[N+]c1ccc2ncc(N)c(NC3CCOCC3)c2c1. The first kappa shape index (κ1) is 12.7. The van der Waals surface area contributed by atoms with Crippen molar-refractivity contribution in [1.29, 1.82) is 0 Å². The standard InChI is InChI=1S/C15H16N4O/c1-17-11-2-3-14-12(8-11)15(13(16)9-18-14)19-10-4-6-20-7-5-10/h2-3,8-10H,4-7,16H2,(H,18,19).